The van der Waals surface area contributed by atoms with Gasteiger partial charge in [0.25, 0.3) is 0 Å². The summed E-state index contributed by atoms with van der Waals surface area (Å²) >= 11 is 0. The zero-order valence-corrected chi connectivity index (χ0v) is 18.3. The van der Waals surface area contributed by atoms with Gasteiger partial charge in [0, 0.05) is 18.2 Å². The van der Waals surface area contributed by atoms with Crippen molar-refractivity contribution in [3.05, 3.63) is 28.8 Å². The molecule has 0 spiro atoms. The Labute approximate surface area is 161 Å². The minimum atomic E-state index is -1.30. The van der Waals surface area contributed by atoms with Gasteiger partial charge in [-0.15, -0.1) is 11.5 Å². The van der Waals surface area contributed by atoms with E-state index in [2.05, 4.69) is 62.4 Å². The minimum absolute atomic E-state index is 0.211. The first-order valence-electron chi connectivity index (χ1n) is 10.7. The Morgan fingerprint density at radius 2 is 1.85 bits per heavy atom. The molecule has 0 radical (unpaired) electrons. The van der Waals surface area contributed by atoms with E-state index in [4.69, 9.17) is 0 Å². The molecule has 3 aliphatic carbocycles. The summed E-state index contributed by atoms with van der Waals surface area (Å²) < 4.78 is 0. The van der Waals surface area contributed by atoms with Gasteiger partial charge in [-0.1, -0.05) is 39.6 Å². The third-order valence-electron chi connectivity index (χ3n) is 6.18. The lowest BCUT2D eigenvalue weighted by molar-refractivity contribution is 0.381. The third-order valence-corrected chi connectivity index (χ3v) is 7.07. The predicted octanol–water partition coefficient (Wildman–Crippen LogP) is 6.11. The van der Waals surface area contributed by atoms with Crippen LogP contribution in [0, 0.1) is 23.3 Å². The van der Waals surface area contributed by atoms with Gasteiger partial charge in [0.05, 0.1) is 0 Å². The topological polar surface area (TPSA) is 12.0 Å². The van der Waals surface area contributed by atoms with Crippen LogP contribution in [0.25, 0.3) is 0 Å². The first kappa shape index (κ1) is 18.2. The van der Waals surface area contributed by atoms with E-state index in [1.165, 1.54) is 44.2 Å². The van der Waals surface area contributed by atoms with Gasteiger partial charge in [-0.2, -0.15) is 0 Å². The molecule has 0 saturated heterocycles. The molecule has 3 aliphatic rings. The van der Waals surface area contributed by atoms with E-state index in [0.717, 1.165) is 18.4 Å². The first-order chi connectivity index (χ1) is 12.2. The molecule has 2 saturated carbocycles. The van der Waals surface area contributed by atoms with Gasteiger partial charge in [0.1, 0.15) is 8.07 Å². The molecule has 2 fully saturated rings. The second-order valence-corrected chi connectivity index (χ2v) is 15.4. The van der Waals surface area contributed by atoms with Gasteiger partial charge in [0.2, 0.25) is 0 Å². The Bertz CT molecular complexity index is 751. The molecule has 1 nitrogen and oxygen atoms in total. The molecular formula is C24H35NSi. The van der Waals surface area contributed by atoms with Gasteiger partial charge >= 0.3 is 0 Å². The van der Waals surface area contributed by atoms with E-state index >= 15 is 0 Å². The fraction of sp³-hybridized carbons (Fsp3) is 0.667. The minimum Gasteiger partial charge on any atom is -0.385 e. The largest absolute Gasteiger partial charge is 0.385 e. The first-order valence-corrected chi connectivity index (χ1v) is 14.2. The summed E-state index contributed by atoms with van der Waals surface area (Å²) in [5.74, 6) is 5.98. The Kier molecular flexibility index (Phi) is 4.51. The molecule has 0 heterocycles. The molecule has 0 aromatic heterocycles. The average Bonchev–Trinajstić information content (AvgIpc) is 3.43. The van der Waals surface area contributed by atoms with Gasteiger partial charge in [-0.25, -0.2) is 0 Å². The second-order valence-electron chi connectivity index (χ2n) is 10.7. The lowest BCUT2D eigenvalue weighted by atomic mass is 9.66. The normalized spacial score (nSPS) is 24.4. The van der Waals surface area contributed by atoms with Crippen LogP contribution in [0.3, 0.4) is 0 Å². The highest BCUT2D eigenvalue weighted by Gasteiger charge is 2.38. The molecule has 0 amide bonds. The second kappa shape index (κ2) is 6.45. The fourth-order valence-corrected chi connectivity index (χ4v) is 5.25. The number of rotatable bonds is 4. The summed E-state index contributed by atoms with van der Waals surface area (Å²) in [5.41, 5.74) is 10.2. The van der Waals surface area contributed by atoms with E-state index in [0.29, 0.717) is 5.92 Å². The Morgan fingerprint density at radius 3 is 2.46 bits per heavy atom. The molecule has 26 heavy (non-hydrogen) atoms. The van der Waals surface area contributed by atoms with E-state index in [9.17, 15) is 0 Å². The molecular weight excluding hydrogens is 330 g/mol. The zero-order chi connectivity index (χ0) is 18.5. The monoisotopic (exact) mass is 365 g/mol. The molecule has 4 rings (SSSR count). The molecule has 140 valence electrons. The Hall–Kier alpha value is -1.20. The van der Waals surface area contributed by atoms with Crippen LogP contribution in [0.1, 0.15) is 68.6 Å². The molecule has 1 aromatic rings. The van der Waals surface area contributed by atoms with E-state index in [-0.39, 0.29) is 5.41 Å². The lowest BCUT2D eigenvalue weighted by Crippen LogP contribution is -2.32. The number of hydrogen-bond acceptors (Lipinski definition) is 1. The zero-order valence-electron chi connectivity index (χ0n) is 17.3. The summed E-state index contributed by atoms with van der Waals surface area (Å²) in [6, 6.07) is 4.83. The summed E-state index contributed by atoms with van der Waals surface area (Å²) in [5, 5.41) is 3.82. The van der Waals surface area contributed by atoms with E-state index < -0.39 is 8.07 Å². The number of nitrogens with one attached hydrogen (secondary N) is 1. The van der Waals surface area contributed by atoms with Gasteiger partial charge in [-0.05, 0) is 78.5 Å². The Morgan fingerprint density at radius 1 is 1.12 bits per heavy atom. The predicted molar refractivity (Wildman–Crippen MR) is 116 cm³/mol. The van der Waals surface area contributed by atoms with Crippen LogP contribution in [0.4, 0.5) is 5.69 Å². The summed E-state index contributed by atoms with van der Waals surface area (Å²) in [4.78, 5) is 0. The van der Waals surface area contributed by atoms with Gasteiger partial charge in [-0.3, -0.25) is 0 Å². The van der Waals surface area contributed by atoms with Crippen LogP contribution in [0.5, 0.6) is 0 Å². The molecule has 1 atom stereocenters. The van der Waals surface area contributed by atoms with Crippen molar-refractivity contribution < 1.29 is 0 Å². The highest BCUT2D eigenvalue weighted by molar-refractivity contribution is 6.83. The highest BCUT2D eigenvalue weighted by atomic mass is 28.3. The molecule has 1 N–H and O–H groups in total. The fourth-order valence-electron chi connectivity index (χ4n) is 4.61. The number of hydrogen-bond donors (Lipinski definition) is 1. The molecule has 0 aliphatic heterocycles. The SMILES string of the molecule is CC1(C)CC(C#C[Si](C)(C)C)Cc2c(C3CC3)ccc(NCC3CC3)c21. The summed E-state index contributed by atoms with van der Waals surface area (Å²) in [7, 11) is -1.30. The molecule has 0 bridgehead atoms. The van der Waals surface area contributed by atoms with Crippen molar-refractivity contribution in [2.24, 2.45) is 11.8 Å². The molecule has 1 unspecified atom stereocenters. The van der Waals surface area contributed by atoms with E-state index in [1.807, 2.05) is 0 Å². The number of fused-ring (bicyclic) bond motifs is 1. The van der Waals surface area contributed by atoms with Crippen LogP contribution in [0.15, 0.2) is 12.1 Å². The van der Waals surface area contributed by atoms with Crippen LogP contribution >= 0.6 is 0 Å². The van der Waals surface area contributed by atoms with E-state index in [1.54, 1.807) is 16.7 Å². The molecule has 1 aromatic carbocycles. The van der Waals surface area contributed by atoms with Crippen molar-refractivity contribution in [3.8, 4) is 11.5 Å². The van der Waals surface area contributed by atoms with Crippen molar-refractivity contribution in [2.45, 2.75) is 83.3 Å². The van der Waals surface area contributed by atoms with Crippen LogP contribution in [-0.2, 0) is 11.8 Å². The summed E-state index contributed by atoms with van der Waals surface area (Å²) in [6.45, 7) is 13.1. The van der Waals surface area contributed by atoms with Crippen molar-refractivity contribution in [1.29, 1.82) is 0 Å². The van der Waals surface area contributed by atoms with Crippen LogP contribution in [0.2, 0.25) is 19.6 Å². The highest BCUT2D eigenvalue weighted by Crippen LogP contribution is 2.50. The Balaban J connectivity index is 1.70. The molecule has 2 heteroatoms. The van der Waals surface area contributed by atoms with Crippen LogP contribution < -0.4 is 5.32 Å². The third kappa shape index (κ3) is 4.04. The van der Waals surface area contributed by atoms with Crippen molar-refractivity contribution >= 4 is 13.8 Å². The van der Waals surface area contributed by atoms with Crippen molar-refractivity contribution in [1.82, 2.24) is 0 Å². The van der Waals surface area contributed by atoms with Crippen molar-refractivity contribution in [2.75, 3.05) is 11.9 Å². The summed E-state index contributed by atoms with van der Waals surface area (Å²) in [6.07, 6.45) is 7.95. The average molecular weight is 366 g/mol. The smallest absolute Gasteiger partial charge is 0.129 e. The van der Waals surface area contributed by atoms with Crippen LogP contribution in [-0.4, -0.2) is 14.6 Å². The quantitative estimate of drug-likeness (QED) is 0.501. The van der Waals surface area contributed by atoms with Crippen molar-refractivity contribution in [3.63, 3.8) is 0 Å². The number of anilines is 1. The standard InChI is InChI=1S/C24H35NSi/c1-24(2)15-18(12-13-26(3,4)5)14-21-20(19-8-9-19)10-11-22(23(21)24)25-16-17-6-7-17/h10-11,17-19,25H,6-9,14-16H2,1-5H3. The maximum absolute atomic E-state index is 3.82. The maximum Gasteiger partial charge on any atom is 0.129 e. The maximum atomic E-state index is 3.82. The van der Waals surface area contributed by atoms with Gasteiger partial charge < -0.3 is 5.32 Å². The van der Waals surface area contributed by atoms with Gasteiger partial charge in [0.15, 0.2) is 0 Å². The lowest BCUT2D eigenvalue weighted by Gasteiger charge is -2.39. The number of benzene rings is 1.